The van der Waals surface area contributed by atoms with Crippen molar-refractivity contribution in [1.82, 2.24) is 5.32 Å². The lowest BCUT2D eigenvalue weighted by Crippen LogP contribution is -2.51. The smallest absolute Gasteiger partial charge is 0.237 e. The Morgan fingerprint density at radius 1 is 1.43 bits per heavy atom. The van der Waals surface area contributed by atoms with E-state index in [0.717, 1.165) is 0 Å². The largest absolute Gasteiger partial charge is 0.368 e. The Labute approximate surface area is 85.5 Å². The summed E-state index contributed by atoms with van der Waals surface area (Å²) in [5.74, 6) is -0.382. The fourth-order valence-electron chi connectivity index (χ4n) is 0.831. The highest BCUT2D eigenvalue weighted by atomic mass is 16.1. The van der Waals surface area contributed by atoms with Gasteiger partial charge in [-0.25, -0.2) is 0 Å². The van der Waals surface area contributed by atoms with Crippen LogP contribution in [-0.4, -0.2) is 18.0 Å². The third-order valence-corrected chi connectivity index (χ3v) is 2.24. The number of nitriles is 1. The van der Waals surface area contributed by atoms with E-state index in [1.54, 1.807) is 13.8 Å². The van der Waals surface area contributed by atoms with Gasteiger partial charge < -0.3 is 11.1 Å². The molecule has 0 saturated heterocycles. The molecule has 0 unspecified atom stereocenters. The molecule has 0 radical (unpaired) electrons. The van der Waals surface area contributed by atoms with E-state index < -0.39 is 5.54 Å². The zero-order valence-corrected chi connectivity index (χ0v) is 9.35. The molecule has 0 atom stereocenters. The van der Waals surface area contributed by atoms with Crippen molar-refractivity contribution in [3.63, 3.8) is 0 Å². The Kier molecular flexibility index (Phi) is 4.08. The summed E-state index contributed by atoms with van der Waals surface area (Å²) >= 11 is 0. The maximum Gasteiger partial charge on any atom is 0.237 e. The Morgan fingerprint density at radius 3 is 2.29 bits per heavy atom. The minimum Gasteiger partial charge on any atom is -0.368 e. The first-order valence-electron chi connectivity index (χ1n) is 4.67. The van der Waals surface area contributed by atoms with Gasteiger partial charge >= 0.3 is 0 Å². The summed E-state index contributed by atoms with van der Waals surface area (Å²) in [6.07, 6.45) is 0.695. The average Bonchev–Trinajstić information content (AvgIpc) is 2.03. The summed E-state index contributed by atoms with van der Waals surface area (Å²) in [6, 6.07) is 2.20. The van der Waals surface area contributed by atoms with Crippen molar-refractivity contribution in [3.8, 4) is 6.07 Å². The molecule has 4 nitrogen and oxygen atoms in total. The Hall–Kier alpha value is -1.08. The van der Waals surface area contributed by atoms with Crippen LogP contribution in [0.15, 0.2) is 0 Å². The predicted molar refractivity (Wildman–Crippen MR) is 55.3 cm³/mol. The van der Waals surface area contributed by atoms with Crippen molar-refractivity contribution in [3.05, 3.63) is 0 Å². The zero-order chi connectivity index (χ0) is 11.4. The first-order chi connectivity index (χ1) is 6.21. The second-order valence-corrected chi connectivity index (χ2v) is 4.66. The minimum atomic E-state index is -0.703. The quantitative estimate of drug-likeness (QED) is 0.683. The van der Waals surface area contributed by atoms with Crippen LogP contribution in [0.1, 0.15) is 34.1 Å². The summed E-state index contributed by atoms with van der Waals surface area (Å²) in [5, 5.41) is 11.8. The summed E-state index contributed by atoms with van der Waals surface area (Å²) < 4.78 is 0. The third kappa shape index (κ3) is 4.24. The molecule has 80 valence electrons. The van der Waals surface area contributed by atoms with Crippen LogP contribution in [0.5, 0.6) is 0 Å². The van der Waals surface area contributed by atoms with Crippen molar-refractivity contribution in [2.24, 2.45) is 11.1 Å². The molecule has 0 heterocycles. The molecule has 1 amide bonds. The Morgan fingerprint density at radius 2 is 1.93 bits per heavy atom. The molecular weight excluding hydrogens is 178 g/mol. The molecule has 0 rings (SSSR count). The van der Waals surface area contributed by atoms with Crippen LogP contribution in [0.3, 0.4) is 0 Å². The molecule has 0 aromatic rings. The van der Waals surface area contributed by atoms with Crippen molar-refractivity contribution >= 4 is 5.91 Å². The highest BCUT2D eigenvalue weighted by molar-refractivity contribution is 5.83. The van der Waals surface area contributed by atoms with Gasteiger partial charge in [-0.1, -0.05) is 0 Å². The van der Waals surface area contributed by atoms with E-state index >= 15 is 0 Å². The number of nitrogens with zero attached hydrogens (tertiary/aromatic N) is 1. The van der Waals surface area contributed by atoms with E-state index in [1.807, 2.05) is 13.8 Å². The molecule has 3 N–H and O–H groups in total. The van der Waals surface area contributed by atoms with E-state index in [9.17, 15) is 4.79 Å². The van der Waals surface area contributed by atoms with Crippen LogP contribution in [0.2, 0.25) is 0 Å². The number of nitrogens with one attached hydrogen (secondary N) is 1. The van der Waals surface area contributed by atoms with E-state index in [0.29, 0.717) is 13.0 Å². The SMILES string of the molecule is CC(C)(C#N)CCNC(C)(C)C(N)=O. The van der Waals surface area contributed by atoms with Gasteiger partial charge in [-0.2, -0.15) is 5.26 Å². The predicted octanol–water partition coefficient (Wildman–Crippen LogP) is 0.780. The molecule has 0 bridgehead atoms. The fraction of sp³-hybridized carbons (Fsp3) is 0.800. The first kappa shape index (κ1) is 12.9. The fourth-order valence-corrected chi connectivity index (χ4v) is 0.831. The third-order valence-electron chi connectivity index (χ3n) is 2.24. The van der Waals surface area contributed by atoms with Crippen LogP contribution in [-0.2, 0) is 4.79 Å². The lowest BCUT2D eigenvalue weighted by atomic mass is 9.91. The van der Waals surface area contributed by atoms with Crippen LogP contribution >= 0.6 is 0 Å². The standard InChI is InChI=1S/C10H19N3O/c1-9(2,7-11)5-6-13-10(3,4)8(12)14/h13H,5-6H2,1-4H3,(H2,12,14). The molecule has 0 fully saturated rings. The average molecular weight is 197 g/mol. The molecular formula is C10H19N3O. The van der Waals surface area contributed by atoms with Crippen LogP contribution in [0, 0.1) is 16.7 Å². The highest BCUT2D eigenvalue weighted by Gasteiger charge is 2.25. The van der Waals surface area contributed by atoms with Gasteiger partial charge in [0.1, 0.15) is 0 Å². The lowest BCUT2D eigenvalue weighted by Gasteiger charge is -2.24. The van der Waals surface area contributed by atoms with Crippen molar-refractivity contribution < 1.29 is 4.79 Å². The van der Waals surface area contributed by atoms with Gasteiger partial charge in [0.15, 0.2) is 0 Å². The van der Waals surface area contributed by atoms with Gasteiger partial charge in [0, 0.05) is 0 Å². The molecule has 0 saturated carbocycles. The van der Waals surface area contributed by atoms with E-state index in [1.165, 1.54) is 0 Å². The monoisotopic (exact) mass is 197 g/mol. The number of carbonyl (C=O) groups is 1. The molecule has 0 spiro atoms. The second kappa shape index (κ2) is 4.43. The van der Waals surface area contributed by atoms with Gasteiger partial charge in [-0.05, 0) is 40.7 Å². The maximum absolute atomic E-state index is 10.9. The van der Waals surface area contributed by atoms with Crippen molar-refractivity contribution in [1.29, 1.82) is 5.26 Å². The molecule has 0 aliphatic rings. The van der Waals surface area contributed by atoms with Crippen LogP contribution in [0.25, 0.3) is 0 Å². The highest BCUT2D eigenvalue weighted by Crippen LogP contribution is 2.17. The van der Waals surface area contributed by atoms with E-state index in [2.05, 4.69) is 11.4 Å². The van der Waals surface area contributed by atoms with Gasteiger partial charge in [-0.3, -0.25) is 4.79 Å². The number of hydrogen-bond acceptors (Lipinski definition) is 3. The first-order valence-corrected chi connectivity index (χ1v) is 4.67. The van der Waals surface area contributed by atoms with Crippen molar-refractivity contribution in [2.75, 3.05) is 6.54 Å². The minimum absolute atomic E-state index is 0.360. The summed E-state index contributed by atoms with van der Waals surface area (Å²) in [7, 11) is 0. The van der Waals surface area contributed by atoms with Crippen molar-refractivity contribution in [2.45, 2.75) is 39.7 Å². The number of primary amides is 1. The summed E-state index contributed by atoms with van der Waals surface area (Å²) in [6.45, 7) is 7.80. The topological polar surface area (TPSA) is 78.9 Å². The lowest BCUT2D eigenvalue weighted by molar-refractivity contribution is -0.123. The molecule has 0 aromatic heterocycles. The molecule has 0 aliphatic heterocycles. The Bertz CT molecular complexity index is 251. The van der Waals surface area contributed by atoms with E-state index in [-0.39, 0.29) is 11.3 Å². The van der Waals surface area contributed by atoms with Gasteiger partial charge in [0.25, 0.3) is 0 Å². The van der Waals surface area contributed by atoms with Gasteiger partial charge in [-0.15, -0.1) is 0 Å². The summed E-state index contributed by atoms with van der Waals surface area (Å²) in [4.78, 5) is 10.9. The van der Waals surface area contributed by atoms with Crippen LogP contribution < -0.4 is 11.1 Å². The molecule has 4 heteroatoms. The number of carbonyl (C=O) groups excluding carboxylic acids is 1. The molecule has 0 aromatic carbocycles. The van der Waals surface area contributed by atoms with Gasteiger partial charge in [0.2, 0.25) is 5.91 Å². The number of nitrogens with two attached hydrogens (primary N) is 1. The zero-order valence-electron chi connectivity index (χ0n) is 9.35. The van der Waals surface area contributed by atoms with Crippen LogP contribution in [0.4, 0.5) is 0 Å². The van der Waals surface area contributed by atoms with E-state index in [4.69, 9.17) is 11.0 Å². The number of hydrogen-bond donors (Lipinski definition) is 2. The van der Waals surface area contributed by atoms with Gasteiger partial charge in [0.05, 0.1) is 17.0 Å². The number of rotatable bonds is 5. The molecule has 0 aliphatic carbocycles. The Balaban J connectivity index is 3.99. The normalized spacial score (nSPS) is 12.2. The maximum atomic E-state index is 10.9. The second-order valence-electron chi connectivity index (χ2n) is 4.66. The molecule has 14 heavy (non-hydrogen) atoms. The summed E-state index contributed by atoms with van der Waals surface area (Å²) in [5.41, 5.74) is 4.12. The number of amides is 1.